The summed E-state index contributed by atoms with van der Waals surface area (Å²) in [7, 11) is 0. The van der Waals surface area contributed by atoms with E-state index in [9.17, 15) is 4.79 Å². The molecule has 132 valence electrons. The highest BCUT2D eigenvalue weighted by Crippen LogP contribution is 2.63. The summed E-state index contributed by atoms with van der Waals surface area (Å²) in [6.07, 6.45) is 6.56. The minimum Gasteiger partial charge on any atom is -0.481 e. The summed E-state index contributed by atoms with van der Waals surface area (Å²) < 4.78 is 7.64. The second-order valence-corrected chi connectivity index (χ2v) is 9.82. The Balaban J connectivity index is 1.56. The summed E-state index contributed by atoms with van der Waals surface area (Å²) in [6.45, 7) is 4.53. The Kier molecular flexibility index (Phi) is 2.98. The quantitative estimate of drug-likeness (QED) is 0.754. The summed E-state index contributed by atoms with van der Waals surface area (Å²) >= 11 is 3.85. The molecule has 2 aliphatic heterocycles. The predicted molar refractivity (Wildman–Crippen MR) is 99.1 cm³/mol. The fraction of sp³-hybridized carbons (Fsp3) is 0.667. The molecule has 4 atom stereocenters. The number of rotatable bonds is 2. The fourth-order valence-corrected chi connectivity index (χ4v) is 7.18. The number of halogens is 1. The number of likely N-dealkylation sites (tertiary alicyclic amines) is 1. The number of carbonyl (C=O) groups is 1. The first-order valence-electron chi connectivity index (χ1n) is 9.85. The van der Waals surface area contributed by atoms with Gasteiger partial charge in [-0.25, -0.2) is 0 Å². The van der Waals surface area contributed by atoms with Gasteiger partial charge in [0.1, 0.15) is 5.75 Å². The normalized spacial score (nSPS) is 38.5. The van der Waals surface area contributed by atoms with Crippen LogP contribution in [0.5, 0.6) is 5.75 Å². The summed E-state index contributed by atoms with van der Waals surface area (Å²) in [6, 6.07) is 2.79. The van der Waals surface area contributed by atoms with E-state index < -0.39 is 0 Å². The Morgan fingerprint density at radius 2 is 2.20 bits per heavy atom. The van der Waals surface area contributed by atoms with Crippen LogP contribution in [0.1, 0.15) is 48.8 Å². The lowest BCUT2D eigenvalue weighted by molar-refractivity contribution is -0.138. The molecule has 2 unspecified atom stereocenters. The number of aryl methyl sites for hydroxylation is 1. The van der Waals surface area contributed by atoms with Crippen molar-refractivity contribution in [2.75, 3.05) is 13.1 Å². The summed E-state index contributed by atoms with van der Waals surface area (Å²) in [4.78, 5) is 15.6. The van der Waals surface area contributed by atoms with Gasteiger partial charge in [-0.3, -0.25) is 9.69 Å². The maximum Gasteiger partial charge on any atom is 0.174 e. The third kappa shape index (κ3) is 1.83. The molecule has 1 saturated heterocycles. The Hall–Kier alpha value is -0.870. The molecule has 3 nitrogen and oxygen atoms in total. The highest BCUT2D eigenvalue weighted by Gasteiger charge is 2.66. The standard InChI is InChI=1S/C21H24BrNO2/c1-11-8-15(22)13-9-16-14-4-5-17(24)20-21(14,18(13)19(11)25-20)6-7-23(16)10-12-2-3-12/h8,12,14,16,20H,2-7,9-10H2,1H3/t14?,16?,20-,21-/m1/s1. The molecule has 6 rings (SSSR count). The molecular formula is C21H24BrNO2. The van der Waals surface area contributed by atoms with Gasteiger partial charge in [-0.05, 0) is 74.6 Å². The van der Waals surface area contributed by atoms with Crippen molar-refractivity contribution in [3.63, 3.8) is 0 Å². The molecule has 0 N–H and O–H groups in total. The number of Topliss-reactive ketones (excluding diaryl/α,β-unsaturated/α-hetero) is 1. The molecular weight excluding hydrogens is 378 g/mol. The molecule has 2 bridgehead atoms. The van der Waals surface area contributed by atoms with Crippen molar-refractivity contribution >= 4 is 21.7 Å². The van der Waals surface area contributed by atoms with Crippen LogP contribution < -0.4 is 4.74 Å². The van der Waals surface area contributed by atoms with Crippen molar-refractivity contribution in [3.05, 3.63) is 27.2 Å². The smallest absolute Gasteiger partial charge is 0.174 e. The number of piperidine rings is 1. The maximum atomic E-state index is 12.8. The van der Waals surface area contributed by atoms with Crippen LogP contribution in [0.15, 0.2) is 10.5 Å². The Morgan fingerprint density at radius 1 is 1.36 bits per heavy atom. The van der Waals surface area contributed by atoms with Gasteiger partial charge in [-0.2, -0.15) is 0 Å². The number of nitrogens with zero attached hydrogens (tertiary/aromatic N) is 1. The first-order valence-corrected chi connectivity index (χ1v) is 10.6. The van der Waals surface area contributed by atoms with Gasteiger partial charge in [0, 0.05) is 34.5 Å². The Morgan fingerprint density at radius 3 is 3.00 bits per heavy atom. The molecule has 2 heterocycles. The predicted octanol–water partition coefficient (Wildman–Crippen LogP) is 3.78. The number of ketones is 1. The zero-order valence-corrected chi connectivity index (χ0v) is 16.3. The zero-order valence-electron chi connectivity index (χ0n) is 14.7. The number of hydrogen-bond acceptors (Lipinski definition) is 3. The zero-order chi connectivity index (χ0) is 16.9. The van der Waals surface area contributed by atoms with E-state index >= 15 is 0 Å². The van der Waals surface area contributed by atoms with Gasteiger partial charge in [-0.1, -0.05) is 15.9 Å². The van der Waals surface area contributed by atoms with Crippen LogP contribution in [0.3, 0.4) is 0 Å². The number of hydrogen-bond donors (Lipinski definition) is 0. The van der Waals surface area contributed by atoms with Gasteiger partial charge >= 0.3 is 0 Å². The largest absolute Gasteiger partial charge is 0.481 e. The van der Waals surface area contributed by atoms with Crippen LogP contribution in [-0.2, 0) is 16.6 Å². The molecule has 25 heavy (non-hydrogen) atoms. The van der Waals surface area contributed by atoms with Crippen molar-refractivity contribution in [2.24, 2.45) is 11.8 Å². The third-order valence-electron chi connectivity index (χ3n) is 7.69. The third-order valence-corrected chi connectivity index (χ3v) is 8.40. The van der Waals surface area contributed by atoms with Crippen LogP contribution in [0, 0.1) is 18.8 Å². The summed E-state index contributed by atoms with van der Waals surface area (Å²) in [5.41, 5.74) is 3.97. The van der Waals surface area contributed by atoms with Gasteiger partial charge in [0.25, 0.3) is 0 Å². The van der Waals surface area contributed by atoms with Crippen LogP contribution in [0.4, 0.5) is 0 Å². The molecule has 1 aromatic carbocycles. The monoisotopic (exact) mass is 401 g/mol. The number of carbonyl (C=O) groups excluding carboxylic acids is 1. The van der Waals surface area contributed by atoms with Gasteiger partial charge in [0.15, 0.2) is 11.9 Å². The second kappa shape index (κ2) is 4.89. The van der Waals surface area contributed by atoms with E-state index in [1.165, 1.54) is 40.5 Å². The number of benzene rings is 1. The van der Waals surface area contributed by atoms with Crippen LogP contribution in [0.2, 0.25) is 0 Å². The van der Waals surface area contributed by atoms with Crippen LogP contribution in [0.25, 0.3) is 0 Å². The summed E-state index contributed by atoms with van der Waals surface area (Å²) in [5, 5.41) is 0. The highest BCUT2D eigenvalue weighted by molar-refractivity contribution is 9.10. The molecule has 1 aromatic rings. The van der Waals surface area contributed by atoms with Crippen molar-refractivity contribution < 1.29 is 9.53 Å². The fourth-order valence-electron chi connectivity index (χ4n) is 6.48. The van der Waals surface area contributed by atoms with Gasteiger partial charge < -0.3 is 4.74 Å². The maximum absolute atomic E-state index is 12.8. The minimum atomic E-state index is -0.223. The van der Waals surface area contributed by atoms with E-state index in [0.717, 1.165) is 37.5 Å². The van der Waals surface area contributed by atoms with E-state index in [1.54, 1.807) is 0 Å². The van der Waals surface area contributed by atoms with E-state index in [-0.39, 0.29) is 11.5 Å². The molecule has 0 amide bonds. The molecule has 4 heteroatoms. The minimum absolute atomic E-state index is 0.0441. The molecule has 2 saturated carbocycles. The van der Waals surface area contributed by atoms with E-state index in [1.807, 2.05) is 0 Å². The highest BCUT2D eigenvalue weighted by atomic mass is 79.9. The summed E-state index contributed by atoms with van der Waals surface area (Å²) in [5.74, 6) is 2.89. The molecule has 3 fully saturated rings. The number of ether oxygens (including phenoxy) is 1. The Bertz CT molecular complexity index is 802. The first-order chi connectivity index (χ1) is 12.1. The van der Waals surface area contributed by atoms with Crippen molar-refractivity contribution in [1.82, 2.24) is 4.90 Å². The van der Waals surface area contributed by atoms with Gasteiger partial charge in [0.2, 0.25) is 0 Å². The molecule has 0 radical (unpaired) electrons. The molecule has 0 aromatic heterocycles. The van der Waals surface area contributed by atoms with E-state index in [4.69, 9.17) is 4.74 Å². The molecule has 5 aliphatic rings. The average molecular weight is 402 g/mol. The lowest BCUT2D eigenvalue weighted by Crippen LogP contribution is -2.66. The van der Waals surface area contributed by atoms with Crippen molar-refractivity contribution in [1.29, 1.82) is 0 Å². The van der Waals surface area contributed by atoms with E-state index in [2.05, 4.69) is 33.8 Å². The molecule has 1 spiro atoms. The van der Waals surface area contributed by atoms with Gasteiger partial charge in [-0.15, -0.1) is 0 Å². The topological polar surface area (TPSA) is 29.5 Å². The molecule has 3 aliphatic carbocycles. The van der Waals surface area contributed by atoms with E-state index in [0.29, 0.717) is 24.2 Å². The lowest BCUT2D eigenvalue weighted by Gasteiger charge is -2.58. The second-order valence-electron chi connectivity index (χ2n) is 8.97. The first kappa shape index (κ1) is 15.2. The average Bonchev–Trinajstić information content (AvgIpc) is 3.33. The van der Waals surface area contributed by atoms with Crippen LogP contribution >= 0.6 is 15.9 Å². The van der Waals surface area contributed by atoms with Crippen molar-refractivity contribution in [3.8, 4) is 5.75 Å². The van der Waals surface area contributed by atoms with Gasteiger partial charge in [0.05, 0.1) is 0 Å². The Labute approximate surface area is 157 Å². The lowest BCUT2D eigenvalue weighted by atomic mass is 9.51. The van der Waals surface area contributed by atoms with Crippen molar-refractivity contribution in [2.45, 2.75) is 63.0 Å². The van der Waals surface area contributed by atoms with Crippen LogP contribution in [-0.4, -0.2) is 35.9 Å². The SMILES string of the molecule is Cc1cc(Br)c2c3c1O[C@@H]1C(=O)CCC4C(C2)N(CC2CC2)CC[C@]341.